The molecule has 0 bridgehead atoms. The second-order valence-electron chi connectivity index (χ2n) is 6.08. The third-order valence-electron chi connectivity index (χ3n) is 5.48. The molecule has 0 radical (unpaired) electrons. The van der Waals surface area contributed by atoms with Gasteiger partial charge < -0.3 is 0 Å². The zero-order valence-corrected chi connectivity index (χ0v) is 14.1. The first-order chi connectivity index (χ1) is 9.35. The molecule has 0 heterocycles. The van der Waals surface area contributed by atoms with Crippen molar-refractivity contribution in [1.29, 1.82) is 0 Å². The Hall–Kier alpha value is -0.530. The van der Waals surface area contributed by atoms with Crippen LogP contribution in [0.1, 0.15) is 52.5 Å². The molecule has 0 saturated heterocycles. The Morgan fingerprint density at radius 3 is 2.35 bits per heavy atom. The Kier molecular flexibility index (Phi) is 4.24. The predicted octanol–water partition coefficient (Wildman–Crippen LogP) is 5.67. The summed E-state index contributed by atoms with van der Waals surface area (Å²) < 4.78 is 0. The SMILES string of the molecule is CCC(C)C1(c2ccc(Cl)c(Cl)c2)CC1(CC)C(C)=O. The molecular weight excluding hydrogens is 291 g/mol. The fraction of sp³-hybridized carbons (Fsp3) is 0.588. The van der Waals surface area contributed by atoms with Crippen LogP contribution in [-0.2, 0) is 10.2 Å². The zero-order valence-electron chi connectivity index (χ0n) is 12.6. The highest BCUT2D eigenvalue weighted by Crippen LogP contribution is 2.71. The Morgan fingerprint density at radius 1 is 1.30 bits per heavy atom. The summed E-state index contributed by atoms with van der Waals surface area (Å²) in [5.74, 6) is 0.745. The summed E-state index contributed by atoms with van der Waals surface area (Å²) in [6.07, 6.45) is 2.86. The molecule has 3 unspecified atom stereocenters. The van der Waals surface area contributed by atoms with Crippen molar-refractivity contribution >= 4 is 29.0 Å². The van der Waals surface area contributed by atoms with E-state index in [1.807, 2.05) is 18.2 Å². The topological polar surface area (TPSA) is 17.1 Å². The number of carbonyl (C=O) groups excluding carboxylic acids is 1. The van der Waals surface area contributed by atoms with E-state index in [9.17, 15) is 4.79 Å². The monoisotopic (exact) mass is 312 g/mol. The van der Waals surface area contributed by atoms with Crippen LogP contribution >= 0.6 is 23.2 Å². The third kappa shape index (κ3) is 2.02. The lowest BCUT2D eigenvalue weighted by atomic mass is 9.73. The summed E-state index contributed by atoms with van der Waals surface area (Å²) in [6, 6.07) is 5.85. The van der Waals surface area contributed by atoms with E-state index in [0.29, 0.717) is 21.7 Å². The van der Waals surface area contributed by atoms with Crippen LogP contribution in [0.3, 0.4) is 0 Å². The van der Waals surface area contributed by atoms with Crippen LogP contribution in [0.2, 0.25) is 10.0 Å². The minimum atomic E-state index is -0.223. The van der Waals surface area contributed by atoms with Gasteiger partial charge in [-0.3, -0.25) is 4.79 Å². The number of rotatable bonds is 5. The van der Waals surface area contributed by atoms with Gasteiger partial charge in [0.25, 0.3) is 0 Å². The molecule has 3 atom stereocenters. The van der Waals surface area contributed by atoms with Gasteiger partial charge in [0.1, 0.15) is 5.78 Å². The average molecular weight is 313 g/mol. The molecule has 1 aliphatic carbocycles. The van der Waals surface area contributed by atoms with Gasteiger partial charge in [-0.05, 0) is 43.4 Å². The van der Waals surface area contributed by atoms with E-state index in [0.717, 1.165) is 19.3 Å². The van der Waals surface area contributed by atoms with Crippen molar-refractivity contribution < 1.29 is 4.79 Å². The lowest BCUT2D eigenvalue weighted by Gasteiger charge is -2.30. The minimum absolute atomic E-state index is 0.0729. The highest BCUT2D eigenvalue weighted by atomic mass is 35.5. The molecule has 0 aromatic heterocycles. The van der Waals surface area contributed by atoms with E-state index in [2.05, 4.69) is 20.8 Å². The summed E-state index contributed by atoms with van der Waals surface area (Å²) in [5.41, 5.74) is 0.870. The Balaban J connectivity index is 2.56. The summed E-state index contributed by atoms with van der Waals surface area (Å²) in [4.78, 5) is 12.3. The molecule has 0 amide bonds. The van der Waals surface area contributed by atoms with Crippen LogP contribution in [0.5, 0.6) is 0 Å². The fourth-order valence-electron chi connectivity index (χ4n) is 3.99. The van der Waals surface area contributed by atoms with Gasteiger partial charge in [-0.15, -0.1) is 0 Å². The van der Waals surface area contributed by atoms with Gasteiger partial charge in [0.2, 0.25) is 0 Å². The van der Waals surface area contributed by atoms with Crippen LogP contribution in [0.25, 0.3) is 0 Å². The smallest absolute Gasteiger partial charge is 0.136 e. The predicted molar refractivity (Wildman–Crippen MR) is 85.6 cm³/mol. The van der Waals surface area contributed by atoms with E-state index in [1.165, 1.54) is 5.56 Å². The van der Waals surface area contributed by atoms with Crippen LogP contribution < -0.4 is 0 Å². The molecule has 1 aromatic carbocycles. The van der Waals surface area contributed by atoms with E-state index in [-0.39, 0.29) is 10.8 Å². The number of benzene rings is 1. The molecule has 1 nitrogen and oxygen atoms in total. The lowest BCUT2D eigenvalue weighted by Crippen LogP contribution is -2.30. The molecule has 3 heteroatoms. The van der Waals surface area contributed by atoms with Gasteiger partial charge in [0, 0.05) is 10.8 Å². The average Bonchev–Trinajstić information content (AvgIpc) is 3.13. The summed E-state index contributed by atoms with van der Waals surface area (Å²) in [7, 11) is 0. The van der Waals surface area contributed by atoms with E-state index >= 15 is 0 Å². The normalized spacial score (nSPS) is 30.1. The van der Waals surface area contributed by atoms with Gasteiger partial charge in [-0.1, -0.05) is 56.5 Å². The molecule has 1 aromatic rings. The second kappa shape index (κ2) is 5.35. The zero-order chi connectivity index (χ0) is 15.1. The van der Waals surface area contributed by atoms with Crippen molar-refractivity contribution in [3.8, 4) is 0 Å². The van der Waals surface area contributed by atoms with Gasteiger partial charge in [-0.2, -0.15) is 0 Å². The first kappa shape index (κ1) is 15.9. The van der Waals surface area contributed by atoms with E-state index < -0.39 is 0 Å². The molecule has 1 fully saturated rings. The third-order valence-corrected chi connectivity index (χ3v) is 6.21. The van der Waals surface area contributed by atoms with Crippen molar-refractivity contribution in [2.24, 2.45) is 11.3 Å². The maximum atomic E-state index is 12.3. The highest BCUT2D eigenvalue weighted by molar-refractivity contribution is 6.42. The number of hydrogen-bond acceptors (Lipinski definition) is 1. The quantitative estimate of drug-likeness (QED) is 0.685. The first-order valence-corrected chi connectivity index (χ1v) is 8.08. The molecular formula is C17H22Cl2O. The number of ketones is 1. The molecule has 1 saturated carbocycles. The van der Waals surface area contributed by atoms with E-state index in [4.69, 9.17) is 23.2 Å². The Morgan fingerprint density at radius 2 is 1.95 bits per heavy atom. The molecule has 0 spiro atoms. The van der Waals surface area contributed by atoms with Gasteiger partial charge in [0.15, 0.2) is 0 Å². The number of hydrogen-bond donors (Lipinski definition) is 0. The standard InChI is InChI=1S/C17H22Cl2O/c1-5-11(3)17(10-16(17,6-2)12(4)20)13-7-8-14(18)15(19)9-13/h7-9,11H,5-6,10H2,1-4H3. The van der Waals surface area contributed by atoms with Gasteiger partial charge in [0.05, 0.1) is 10.0 Å². The van der Waals surface area contributed by atoms with Gasteiger partial charge >= 0.3 is 0 Å². The Bertz CT molecular complexity index is 540. The molecule has 0 aliphatic heterocycles. The fourth-order valence-corrected chi connectivity index (χ4v) is 4.29. The molecule has 20 heavy (non-hydrogen) atoms. The van der Waals surface area contributed by atoms with Crippen LogP contribution in [0.4, 0.5) is 0 Å². The van der Waals surface area contributed by atoms with E-state index in [1.54, 1.807) is 6.92 Å². The Labute approximate surface area is 131 Å². The summed E-state index contributed by atoms with van der Waals surface area (Å²) in [6.45, 7) is 8.26. The van der Waals surface area contributed by atoms with Crippen molar-refractivity contribution in [2.75, 3.05) is 0 Å². The maximum Gasteiger partial charge on any atom is 0.136 e. The summed E-state index contributed by atoms with van der Waals surface area (Å²) in [5, 5.41) is 1.15. The van der Waals surface area contributed by atoms with Crippen LogP contribution in [-0.4, -0.2) is 5.78 Å². The molecule has 110 valence electrons. The van der Waals surface area contributed by atoms with Crippen molar-refractivity contribution in [2.45, 2.75) is 52.4 Å². The van der Waals surface area contributed by atoms with Crippen molar-refractivity contribution in [3.63, 3.8) is 0 Å². The van der Waals surface area contributed by atoms with Gasteiger partial charge in [-0.25, -0.2) is 0 Å². The van der Waals surface area contributed by atoms with Crippen LogP contribution in [0, 0.1) is 11.3 Å². The molecule has 2 rings (SSSR count). The first-order valence-electron chi connectivity index (χ1n) is 7.32. The maximum absolute atomic E-state index is 12.3. The minimum Gasteiger partial charge on any atom is -0.299 e. The molecule has 1 aliphatic rings. The van der Waals surface area contributed by atoms with Crippen molar-refractivity contribution in [1.82, 2.24) is 0 Å². The van der Waals surface area contributed by atoms with Crippen LogP contribution in [0.15, 0.2) is 18.2 Å². The second-order valence-corrected chi connectivity index (χ2v) is 6.89. The number of Topliss-reactive ketones (excluding diaryl/α,β-unsaturated/α-hetero) is 1. The largest absolute Gasteiger partial charge is 0.299 e. The summed E-state index contributed by atoms with van der Waals surface area (Å²) >= 11 is 12.2. The van der Waals surface area contributed by atoms with Crippen molar-refractivity contribution in [3.05, 3.63) is 33.8 Å². The molecule has 0 N–H and O–H groups in total. The number of halogens is 2. The highest BCUT2D eigenvalue weighted by Gasteiger charge is 2.71. The lowest BCUT2D eigenvalue weighted by molar-refractivity contribution is -0.123. The number of carbonyl (C=O) groups is 1.